The molecule has 1 amide bonds. The summed E-state index contributed by atoms with van der Waals surface area (Å²) >= 11 is 0. The van der Waals surface area contributed by atoms with Gasteiger partial charge in [-0.05, 0) is 24.1 Å². The van der Waals surface area contributed by atoms with Crippen molar-refractivity contribution in [3.8, 4) is 0 Å². The number of likely N-dealkylation sites (N-methyl/N-ethyl adjacent to an activating group) is 1. The van der Waals surface area contributed by atoms with Gasteiger partial charge in [0, 0.05) is 13.0 Å². The molecular formula is C23H22N4O5. The quantitative estimate of drug-likeness (QED) is 0.583. The van der Waals surface area contributed by atoms with Crippen LogP contribution >= 0.6 is 0 Å². The number of nitrogens with zero attached hydrogens (tertiary/aromatic N) is 2. The first-order valence-electron chi connectivity index (χ1n) is 10.2. The summed E-state index contributed by atoms with van der Waals surface area (Å²) in [6.07, 6.45) is -0.927. The zero-order chi connectivity index (χ0) is 22.8. The number of carbonyl (C=O) groups is 2. The maximum atomic E-state index is 13.3. The number of carbonyl (C=O) groups excluding carboxylic acids is 2. The maximum absolute atomic E-state index is 13.3. The van der Waals surface area contributed by atoms with Gasteiger partial charge in [0.05, 0.1) is 12.1 Å². The Hall–Kier alpha value is -4.14. The van der Waals surface area contributed by atoms with E-state index >= 15 is 0 Å². The predicted molar refractivity (Wildman–Crippen MR) is 119 cm³/mol. The Morgan fingerprint density at radius 1 is 1.12 bits per heavy atom. The van der Waals surface area contributed by atoms with Crippen molar-refractivity contribution < 1.29 is 14.3 Å². The van der Waals surface area contributed by atoms with Gasteiger partial charge in [0.15, 0.2) is 11.8 Å². The Balaban J connectivity index is 1.71. The number of rotatable bonds is 5. The van der Waals surface area contributed by atoms with Crippen LogP contribution in [0.5, 0.6) is 0 Å². The van der Waals surface area contributed by atoms with Crippen LogP contribution in [0.1, 0.15) is 28.4 Å². The Labute approximate surface area is 183 Å². The smallest absolute Gasteiger partial charge is 0.339 e. The van der Waals surface area contributed by atoms with E-state index in [9.17, 15) is 19.2 Å². The van der Waals surface area contributed by atoms with Crippen LogP contribution in [-0.4, -0.2) is 34.1 Å². The van der Waals surface area contributed by atoms with E-state index in [1.54, 1.807) is 31.2 Å². The summed E-state index contributed by atoms with van der Waals surface area (Å²) in [6, 6.07) is 16.0. The first-order chi connectivity index (χ1) is 15.4. The summed E-state index contributed by atoms with van der Waals surface area (Å²) in [6.45, 7) is 1.88. The van der Waals surface area contributed by atoms with Crippen LogP contribution < -0.4 is 21.9 Å². The van der Waals surface area contributed by atoms with Crippen molar-refractivity contribution in [2.45, 2.75) is 26.0 Å². The second kappa shape index (κ2) is 8.54. The van der Waals surface area contributed by atoms with Gasteiger partial charge in [-0.1, -0.05) is 48.5 Å². The van der Waals surface area contributed by atoms with Crippen LogP contribution in [0.3, 0.4) is 0 Å². The first-order valence-corrected chi connectivity index (χ1v) is 10.2. The van der Waals surface area contributed by atoms with Gasteiger partial charge in [-0.15, -0.1) is 0 Å². The number of H-pyrrole nitrogens is 1. The van der Waals surface area contributed by atoms with Gasteiger partial charge in [-0.25, -0.2) is 9.59 Å². The average molecular weight is 434 g/mol. The molecule has 3 N–H and O–H groups in total. The molecule has 0 fully saturated rings. The minimum Gasteiger partial charge on any atom is -0.448 e. The number of nitrogen functional groups attached to an aromatic ring is 1. The van der Waals surface area contributed by atoms with E-state index in [0.29, 0.717) is 11.1 Å². The first kappa shape index (κ1) is 21.1. The molecule has 0 radical (unpaired) electrons. The number of benzene rings is 2. The summed E-state index contributed by atoms with van der Waals surface area (Å²) in [4.78, 5) is 54.1. The number of hydrogen-bond donors (Lipinski definition) is 2. The number of fused-ring (bicyclic) bond motifs is 1. The van der Waals surface area contributed by atoms with Crippen LogP contribution in [0.4, 0.5) is 11.5 Å². The molecule has 0 saturated heterocycles. The van der Waals surface area contributed by atoms with Crippen LogP contribution in [0.2, 0.25) is 0 Å². The molecule has 3 aromatic rings. The van der Waals surface area contributed by atoms with Gasteiger partial charge < -0.3 is 15.4 Å². The van der Waals surface area contributed by atoms with Crippen molar-refractivity contribution in [1.29, 1.82) is 0 Å². The highest BCUT2D eigenvalue weighted by Gasteiger charge is 2.35. The van der Waals surface area contributed by atoms with Gasteiger partial charge in [0.2, 0.25) is 0 Å². The lowest BCUT2D eigenvalue weighted by Gasteiger charge is -2.29. The fraction of sp³-hybridized carbons (Fsp3) is 0.217. The number of aromatic amines is 1. The molecule has 0 saturated carbocycles. The van der Waals surface area contributed by atoms with Crippen molar-refractivity contribution in [3.63, 3.8) is 0 Å². The summed E-state index contributed by atoms with van der Waals surface area (Å²) in [5.41, 5.74) is 6.51. The van der Waals surface area contributed by atoms with Crippen molar-refractivity contribution in [2.75, 3.05) is 17.2 Å². The summed E-state index contributed by atoms with van der Waals surface area (Å²) in [5.74, 6) is -1.32. The van der Waals surface area contributed by atoms with Gasteiger partial charge in [-0.3, -0.25) is 19.1 Å². The normalized spacial score (nSPS) is 15.0. The molecule has 1 unspecified atom stereocenters. The zero-order valence-corrected chi connectivity index (χ0v) is 17.4. The number of ether oxygens (including phenoxy) is 1. The molecule has 9 heteroatoms. The molecule has 9 nitrogen and oxygen atoms in total. The molecule has 1 aliphatic rings. The zero-order valence-electron chi connectivity index (χ0n) is 17.4. The topological polar surface area (TPSA) is 127 Å². The minimum absolute atomic E-state index is 0.0886. The number of nitrogens with one attached hydrogen (secondary N) is 1. The molecule has 2 aromatic carbocycles. The van der Waals surface area contributed by atoms with E-state index in [0.717, 1.165) is 10.5 Å². The lowest BCUT2D eigenvalue weighted by atomic mass is 9.98. The molecule has 1 aliphatic heterocycles. The lowest BCUT2D eigenvalue weighted by molar-refractivity contribution is -0.127. The van der Waals surface area contributed by atoms with E-state index in [1.165, 1.54) is 4.57 Å². The van der Waals surface area contributed by atoms with E-state index in [-0.39, 0.29) is 31.0 Å². The standard InChI is InChI=1S/C23H22N4O5/c1-2-26(21(29)17-12-15-10-6-7-11-16(15)22(30)32-17)18-19(24)27(23(31)25-20(18)28)13-14-8-4-3-5-9-14/h3-11,17H,2,12-13,24H2,1H3,(H,25,28,31). The molecular weight excluding hydrogens is 412 g/mol. The number of hydrogen-bond acceptors (Lipinski definition) is 6. The third-order valence-electron chi connectivity index (χ3n) is 5.42. The summed E-state index contributed by atoms with van der Waals surface area (Å²) < 4.78 is 6.56. The average Bonchev–Trinajstić information content (AvgIpc) is 2.79. The molecule has 0 bridgehead atoms. The molecule has 1 aromatic heterocycles. The van der Waals surface area contributed by atoms with E-state index in [2.05, 4.69) is 4.98 Å². The molecule has 32 heavy (non-hydrogen) atoms. The third kappa shape index (κ3) is 3.80. The van der Waals surface area contributed by atoms with Crippen molar-refractivity contribution in [2.24, 2.45) is 0 Å². The molecule has 1 atom stereocenters. The number of aromatic nitrogens is 2. The number of esters is 1. The van der Waals surface area contributed by atoms with Gasteiger partial charge >= 0.3 is 11.7 Å². The minimum atomic E-state index is -1.11. The maximum Gasteiger partial charge on any atom is 0.339 e. The fourth-order valence-electron chi connectivity index (χ4n) is 3.83. The molecule has 0 aliphatic carbocycles. The molecule has 2 heterocycles. The second-order valence-electron chi connectivity index (χ2n) is 7.40. The Morgan fingerprint density at radius 2 is 1.81 bits per heavy atom. The Morgan fingerprint density at radius 3 is 2.53 bits per heavy atom. The Bertz CT molecular complexity index is 1300. The van der Waals surface area contributed by atoms with Crippen molar-refractivity contribution in [1.82, 2.24) is 9.55 Å². The van der Waals surface area contributed by atoms with Gasteiger partial charge in [0.25, 0.3) is 11.5 Å². The monoisotopic (exact) mass is 434 g/mol. The number of anilines is 2. The van der Waals surface area contributed by atoms with Crippen LogP contribution in [0, 0.1) is 0 Å². The highest BCUT2D eigenvalue weighted by Crippen LogP contribution is 2.24. The predicted octanol–water partition coefficient (Wildman–Crippen LogP) is 1.30. The van der Waals surface area contributed by atoms with Crippen LogP contribution in [0.25, 0.3) is 0 Å². The number of amides is 1. The fourth-order valence-corrected chi connectivity index (χ4v) is 3.83. The van der Waals surface area contributed by atoms with Crippen molar-refractivity contribution >= 4 is 23.4 Å². The van der Waals surface area contributed by atoms with E-state index in [1.807, 2.05) is 30.3 Å². The van der Waals surface area contributed by atoms with E-state index in [4.69, 9.17) is 10.5 Å². The molecule has 4 rings (SSSR count). The SMILES string of the molecule is CCN(C(=O)C1Cc2ccccc2C(=O)O1)c1c(N)n(Cc2ccccc2)c(=O)[nH]c1=O. The Kier molecular flexibility index (Phi) is 5.63. The van der Waals surface area contributed by atoms with Crippen LogP contribution in [0.15, 0.2) is 64.2 Å². The van der Waals surface area contributed by atoms with Gasteiger partial charge in [0.1, 0.15) is 5.82 Å². The number of cyclic esters (lactones) is 1. The number of nitrogens with two attached hydrogens (primary N) is 1. The molecule has 164 valence electrons. The summed E-state index contributed by atoms with van der Waals surface area (Å²) in [5, 5.41) is 0. The molecule has 0 spiro atoms. The highest BCUT2D eigenvalue weighted by molar-refractivity contribution is 6.02. The van der Waals surface area contributed by atoms with Gasteiger partial charge in [-0.2, -0.15) is 0 Å². The highest BCUT2D eigenvalue weighted by atomic mass is 16.5. The van der Waals surface area contributed by atoms with E-state index < -0.39 is 29.2 Å². The van der Waals surface area contributed by atoms with Crippen LogP contribution in [-0.2, 0) is 22.5 Å². The third-order valence-corrected chi connectivity index (χ3v) is 5.42. The summed E-state index contributed by atoms with van der Waals surface area (Å²) in [7, 11) is 0. The lowest BCUT2D eigenvalue weighted by Crippen LogP contribution is -2.48. The second-order valence-corrected chi connectivity index (χ2v) is 7.40. The largest absolute Gasteiger partial charge is 0.448 e. The van der Waals surface area contributed by atoms with Crippen molar-refractivity contribution in [3.05, 3.63) is 92.1 Å².